The molecule has 4 heterocycles. The van der Waals surface area contributed by atoms with Crippen molar-refractivity contribution in [2.24, 2.45) is 0 Å². The first kappa shape index (κ1) is 38.7. The van der Waals surface area contributed by atoms with Crippen LogP contribution < -0.4 is 9.80 Å². The molecule has 11 aromatic carbocycles. The molecule has 4 nitrogen and oxygen atoms in total. The zero-order valence-corrected chi connectivity index (χ0v) is 38.0. The number of hydrogen-bond acceptors (Lipinski definition) is 2. The lowest BCUT2D eigenvalue weighted by molar-refractivity contribution is 1.28. The molecule has 0 fully saturated rings. The predicted molar refractivity (Wildman–Crippen MR) is 296 cm³/mol. The summed E-state index contributed by atoms with van der Waals surface area (Å²) in [5, 5.41) is 10.1. The molecule has 326 valence electrons. The van der Waals surface area contributed by atoms with Gasteiger partial charge in [0.15, 0.2) is 0 Å². The first-order chi connectivity index (χ1) is 34.8. The maximum Gasteiger partial charge on any atom is 0.0620 e. The number of aromatic nitrogens is 2. The lowest BCUT2D eigenvalue weighted by Gasteiger charge is -2.28. The van der Waals surface area contributed by atoms with E-state index in [4.69, 9.17) is 0 Å². The molecule has 0 spiro atoms. The number of benzene rings is 11. The minimum atomic E-state index is 1.12. The molecule has 70 heavy (non-hydrogen) atoms. The van der Waals surface area contributed by atoms with E-state index in [0.29, 0.717) is 0 Å². The first-order valence-corrected chi connectivity index (χ1v) is 24.1. The second kappa shape index (κ2) is 15.1. The SMILES string of the molecule is c1ccc(-c2ccccc2N(c2ccccc2)c2ccc3c(c2)c2cccc4c5cc6c(cc5n3c24)c2cccc3c4cc(N(c5ccccc5)c5ccccc5-c5ccccc5)ccc4n6c32)cc1. The summed E-state index contributed by atoms with van der Waals surface area (Å²) in [7, 11) is 0. The van der Waals surface area contributed by atoms with Crippen LogP contribution >= 0.6 is 0 Å². The Morgan fingerprint density at radius 2 is 0.571 bits per heavy atom. The highest BCUT2D eigenvalue weighted by Gasteiger charge is 2.25. The highest BCUT2D eigenvalue weighted by molar-refractivity contribution is 6.29. The molecule has 0 aliphatic rings. The molecule has 4 heteroatoms. The molecule has 0 N–H and O–H groups in total. The van der Waals surface area contributed by atoms with Gasteiger partial charge in [0, 0.05) is 77.0 Å². The lowest BCUT2D eigenvalue weighted by atomic mass is 10.0. The van der Waals surface area contributed by atoms with Crippen molar-refractivity contribution >= 4 is 110 Å². The molecule has 4 aromatic heterocycles. The van der Waals surface area contributed by atoms with E-state index in [1.807, 2.05) is 0 Å². The Morgan fingerprint density at radius 1 is 0.229 bits per heavy atom. The first-order valence-electron chi connectivity index (χ1n) is 24.1. The van der Waals surface area contributed by atoms with Gasteiger partial charge in [0.2, 0.25) is 0 Å². The van der Waals surface area contributed by atoms with E-state index in [9.17, 15) is 0 Å². The van der Waals surface area contributed by atoms with Gasteiger partial charge in [-0.1, -0.05) is 170 Å². The third-order valence-electron chi connectivity index (χ3n) is 14.7. The van der Waals surface area contributed by atoms with E-state index in [1.165, 1.54) is 98.4 Å². The molecule has 0 saturated heterocycles. The van der Waals surface area contributed by atoms with Gasteiger partial charge < -0.3 is 18.6 Å². The van der Waals surface area contributed by atoms with Crippen molar-refractivity contribution in [1.82, 2.24) is 8.80 Å². The normalized spacial score (nSPS) is 12.0. The van der Waals surface area contributed by atoms with Crippen molar-refractivity contribution in [3.8, 4) is 22.3 Å². The van der Waals surface area contributed by atoms with Crippen molar-refractivity contribution in [2.45, 2.75) is 0 Å². The van der Waals surface area contributed by atoms with Gasteiger partial charge in [-0.15, -0.1) is 0 Å². The fraction of sp³-hybridized carbons (Fsp3) is 0. The van der Waals surface area contributed by atoms with Crippen LogP contribution in [0.4, 0.5) is 34.1 Å². The van der Waals surface area contributed by atoms with Crippen molar-refractivity contribution in [3.63, 3.8) is 0 Å². The summed E-state index contributed by atoms with van der Waals surface area (Å²) >= 11 is 0. The summed E-state index contributed by atoms with van der Waals surface area (Å²) < 4.78 is 5.04. The molecular formula is C66H42N4. The molecule has 0 amide bonds. The average Bonchev–Trinajstić information content (AvgIpc) is 4.16. The van der Waals surface area contributed by atoms with E-state index >= 15 is 0 Å². The number of para-hydroxylation sites is 6. The topological polar surface area (TPSA) is 15.3 Å². The largest absolute Gasteiger partial charge is 0.310 e. The zero-order valence-electron chi connectivity index (χ0n) is 38.0. The van der Waals surface area contributed by atoms with Gasteiger partial charge in [-0.2, -0.15) is 0 Å². The van der Waals surface area contributed by atoms with Crippen LogP contribution in [0.25, 0.3) is 98.4 Å². The number of fused-ring (bicyclic) bond motifs is 12. The molecule has 0 atom stereocenters. The minimum absolute atomic E-state index is 1.12. The standard InChI is InChI=1S/C66H42N4/c1-5-19-43(20-6-1)49-27-13-15-33-59(49)67(45-23-9-3-10-24-45)47-35-37-61-55(39-47)51-29-17-31-53-57-42-64-58(41-63(57)69(61)65(51)53)54-32-18-30-52-56-40-48(36-38-62(56)70(64)66(52)54)68(46-25-11-4-12-26-46)60-34-16-14-28-50(60)44-21-7-2-8-22-44/h1-42H. The van der Waals surface area contributed by atoms with Gasteiger partial charge in [-0.3, -0.25) is 0 Å². The van der Waals surface area contributed by atoms with E-state index in [-0.39, 0.29) is 0 Å². The fourth-order valence-corrected chi connectivity index (χ4v) is 11.8. The summed E-state index contributed by atoms with van der Waals surface area (Å²) in [6, 6.07) is 93.2. The third kappa shape index (κ3) is 5.59. The lowest BCUT2D eigenvalue weighted by Crippen LogP contribution is -2.11. The van der Waals surface area contributed by atoms with Crippen LogP contribution in [0.15, 0.2) is 255 Å². The number of rotatable bonds is 8. The van der Waals surface area contributed by atoms with Crippen LogP contribution in [0.5, 0.6) is 0 Å². The van der Waals surface area contributed by atoms with E-state index in [2.05, 4.69) is 273 Å². The van der Waals surface area contributed by atoms with Gasteiger partial charge in [-0.25, -0.2) is 0 Å². The Balaban J connectivity index is 0.922. The average molecular weight is 891 g/mol. The molecule has 0 aliphatic carbocycles. The van der Waals surface area contributed by atoms with Gasteiger partial charge >= 0.3 is 0 Å². The van der Waals surface area contributed by atoms with Crippen molar-refractivity contribution in [3.05, 3.63) is 255 Å². The number of hydrogen-bond donors (Lipinski definition) is 0. The van der Waals surface area contributed by atoms with Crippen molar-refractivity contribution in [2.75, 3.05) is 9.80 Å². The summed E-state index contributed by atoms with van der Waals surface area (Å²) in [5.41, 5.74) is 18.9. The Labute approximate surface area is 404 Å². The molecule has 15 aromatic rings. The van der Waals surface area contributed by atoms with Crippen LogP contribution in [0.2, 0.25) is 0 Å². The van der Waals surface area contributed by atoms with Crippen LogP contribution in [0.1, 0.15) is 0 Å². The molecule has 15 rings (SSSR count). The monoisotopic (exact) mass is 890 g/mol. The van der Waals surface area contributed by atoms with E-state index in [1.54, 1.807) is 0 Å². The predicted octanol–water partition coefficient (Wildman–Crippen LogP) is 18.3. The van der Waals surface area contributed by atoms with Crippen molar-refractivity contribution in [1.29, 1.82) is 0 Å². The molecule has 0 bridgehead atoms. The highest BCUT2D eigenvalue weighted by Crippen LogP contribution is 2.48. The quantitative estimate of drug-likeness (QED) is 0.151. The van der Waals surface area contributed by atoms with Gasteiger partial charge in [0.1, 0.15) is 0 Å². The van der Waals surface area contributed by atoms with Gasteiger partial charge in [0.25, 0.3) is 0 Å². The molecule has 0 saturated carbocycles. The van der Waals surface area contributed by atoms with Crippen LogP contribution in [0.3, 0.4) is 0 Å². The molecule has 0 unspecified atom stereocenters. The molecule has 0 radical (unpaired) electrons. The molecular weight excluding hydrogens is 849 g/mol. The summed E-state index contributed by atoms with van der Waals surface area (Å²) in [4.78, 5) is 4.82. The maximum atomic E-state index is 2.52. The summed E-state index contributed by atoms with van der Waals surface area (Å²) in [6.07, 6.45) is 0. The fourth-order valence-electron chi connectivity index (χ4n) is 11.8. The van der Waals surface area contributed by atoms with Crippen LogP contribution in [-0.4, -0.2) is 8.80 Å². The maximum absolute atomic E-state index is 2.52. The van der Waals surface area contributed by atoms with Gasteiger partial charge in [0.05, 0.1) is 44.5 Å². The van der Waals surface area contributed by atoms with E-state index < -0.39 is 0 Å². The summed E-state index contributed by atoms with van der Waals surface area (Å²) in [6.45, 7) is 0. The Morgan fingerprint density at radius 3 is 0.971 bits per heavy atom. The van der Waals surface area contributed by atoms with Crippen molar-refractivity contribution < 1.29 is 0 Å². The third-order valence-corrected chi connectivity index (χ3v) is 14.7. The molecule has 0 aliphatic heterocycles. The second-order valence-corrected chi connectivity index (χ2v) is 18.5. The minimum Gasteiger partial charge on any atom is -0.310 e. The smallest absolute Gasteiger partial charge is 0.0620 e. The highest BCUT2D eigenvalue weighted by atomic mass is 15.2. The van der Waals surface area contributed by atoms with E-state index in [0.717, 1.165) is 34.1 Å². The second-order valence-electron chi connectivity index (χ2n) is 18.5. The van der Waals surface area contributed by atoms with Gasteiger partial charge in [-0.05, 0) is 96.1 Å². The van der Waals surface area contributed by atoms with Crippen LogP contribution in [-0.2, 0) is 0 Å². The number of anilines is 6. The Hall–Kier alpha value is -9.38. The zero-order chi connectivity index (χ0) is 45.9. The van der Waals surface area contributed by atoms with Crippen LogP contribution in [0, 0.1) is 0 Å². The number of nitrogens with zero attached hydrogens (tertiary/aromatic N) is 4. The summed E-state index contributed by atoms with van der Waals surface area (Å²) in [5.74, 6) is 0. The Kier molecular flexibility index (Phi) is 8.33. The Bertz CT molecular complexity index is 4170.